The van der Waals surface area contributed by atoms with Crippen molar-refractivity contribution in [1.82, 2.24) is 0 Å². The zero-order valence-electron chi connectivity index (χ0n) is 39.0. The molecule has 0 aliphatic heterocycles. The molecule has 10 nitrogen and oxygen atoms in total. The molecule has 0 unspecified atom stereocenters. The second-order valence-corrected chi connectivity index (χ2v) is 19.3. The van der Waals surface area contributed by atoms with Crippen molar-refractivity contribution < 1.29 is 91.0 Å². The van der Waals surface area contributed by atoms with Gasteiger partial charge >= 0.3 is 47.5 Å². The zero-order valence-corrected chi connectivity index (χ0v) is 46.4. The first-order valence-corrected chi connectivity index (χ1v) is 23.8. The molecule has 0 heterocycles. The van der Waals surface area contributed by atoms with Crippen LogP contribution in [0.1, 0.15) is 54.0 Å². The summed E-state index contributed by atoms with van der Waals surface area (Å²) in [4.78, 5) is 44.5. The van der Waals surface area contributed by atoms with Gasteiger partial charge in [0.25, 0.3) is 0 Å². The second-order valence-electron chi connectivity index (χ2n) is 13.1. The fourth-order valence-electron chi connectivity index (χ4n) is 6.03. The molecule has 0 aliphatic carbocycles. The summed E-state index contributed by atoms with van der Waals surface area (Å²) >= 11 is 9.80. The number of ether oxygens (including phenoxy) is 6. The van der Waals surface area contributed by atoms with E-state index in [4.69, 9.17) is 14.2 Å². The molecule has 348 valence electrons. The number of benzene rings is 6. The number of rotatable bonds is 13. The zero-order chi connectivity index (χ0) is 47.6. The van der Waals surface area contributed by atoms with Gasteiger partial charge in [-0.15, -0.1) is 0 Å². The summed E-state index contributed by atoms with van der Waals surface area (Å²) in [7, 11) is 7.10. The Balaban J connectivity index is 0.000000887. The molecule has 0 saturated carbocycles. The van der Waals surface area contributed by atoms with Crippen LogP contribution < -0.4 is 57.9 Å². The number of esters is 3. The molecule has 0 atom stereocenters. The fourth-order valence-corrected chi connectivity index (χ4v) is 10.9. The number of halogens is 4. The third kappa shape index (κ3) is 18.6. The summed E-state index contributed by atoms with van der Waals surface area (Å²) in [6.07, 6.45) is 7.77. The molecule has 6 aromatic rings. The molecule has 0 aromatic heterocycles. The monoisotopic (exact) mass is 1150 g/mol. The Morgan fingerprint density at radius 2 is 0.791 bits per heavy atom. The van der Waals surface area contributed by atoms with Gasteiger partial charge in [0.2, 0.25) is 0 Å². The van der Waals surface area contributed by atoms with Crippen molar-refractivity contribution in [3.8, 4) is 0 Å². The number of hydrogen-bond acceptors (Lipinski definition) is 10. The van der Waals surface area contributed by atoms with Gasteiger partial charge in [-0.05, 0) is 102 Å². The molecule has 6 aromatic carbocycles. The van der Waals surface area contributed by atoms with E-state index in [0.29, 0.717) is 29.3 Å². The number of carbonyl (C=O) groups excluding carboxylic acids is 4. The van der Waals surface area contributed by atoms with Gasteiger partial charge in [-0.25, -0.2) is 14.4 Å². The smallest absolute Gasteiger partial charge is 1.00 e. The Hall–Kier alpha value is -4.40. The molecule has 0 fully saturated rings. The van der Waals surface area contributed by atoms with Crippen molar-refractivity contribution in [3.63, 3.8) is 0 Å². The average Bonchev–Trinajstić information content (AvgIpc) is 3.35. The van der Waals surface area contributed by atoms with E-state index in [-0.39, 0.29) is 60.9 Å². The summed E-state index contributed by atoms with van der Waals surface area (Å²) in [6.45, 7) is 0. The third-order valence-electron chi connectivity index (χ3n) is 9.07. The average molecular weight is 1150 g/mol. The van der Waals surface area contributed by atoms with Gasteiger partial charge in [0.1, 0.15) is 23.2 Å². The summed E-state index contributed by atoms with van der Waals surface area (Å²) in [5.74, 6) is -1.25. The maximum atomic E-state index is 11.4. The molecular weight excluding hydrogens is 1100 g/mol. The van der Waals surface area contributed by atoms with Gasteiger partial charge in [-0.2, -0.15) is 0 Å². The Morgan fingerprint density at radius 3 is 1.06 bits per heavy atom. The van der Waals surface area contributed by atoms with Crippen LogP contribution in [0.5, 0.6) is 0 Å². The Morgan fingerprint density at radius 1 is 0.493 bits per heavy atom. The van der Waals surface area contributed by atoms with Crippen molar-refractivity contribution in [3.05, 3.63) is 205 Å². The molecule has 6 rings (SSSR count). The van der Waals surface area contributed by atoms with Gasteiger partial charge in [0.05, 0.1) is 64.8 Å². The molecule has 0 aliphatic rings. The Labute approximate surface area is 448 Å². The van der Waals surface area contributed by atoms with E-state index in [1.807, 2.05) is 24.3 Å². The molecule has 0 saturated heterocycles. The van der Waals surface area contributed by atoms with Crippen molar-refractivity contribution >= 4 is 107 Å². The molecule has 0 radical (unpaired) electrons. The molecule has 0 N–H and O–H groups in total. The van der Waals surface area contributed by atoms with E-state index in [1.165, 1.54) is 49.8 Å². The first kappa shape index (κ1) is 60.6. The van der Waals surface area contributed by atoms with Crippen molar-refractivity contribution in [2.75, 3.05) is 49.0 Å². The fraction of sp³-hybridized carbons (Fsp3) is 0.137. The van der Waals surface area contributed by atoms with Crippen molar-refractivity contribution in [2.24, 2.45) is 0 Å². The first-order valence-electron chi connectivity index (χ1n) is 19.5. The summed E-state index contributed by atoms with van der Waals surface area (Å²) in [5, 5.41) is 4.07. The largest absolute Gasteiger partial charge is 1.00 e. The predicted molar refractivity (Wildman–Crippen MR) is 272 cm³/mol. The van der Waals surface area contributed by atoms with E-state index >= 15 is 0 Å². The maximum Gasteiger partial charge on any atom is 1.00 e. The first-order chi connectivity index (χ1) is 31.4. The van der Waals surface area contributed by atoms with Crippen LogP contribution in [0.4, 0.5) is 0 Å². The number of hydrogen-bond donors (Lipinski definition) is 0. The molecular formula is C51H50Br3ClNaO10P. The van der Waals surface area contributed by atoms with E-state index in [1.54, 1.807) is 63.8 Å². The van der Waals surface area contributed by atoms with Gasteiger partial charge < -0.3 is 42.3 Å². The molecule has 0 bridgehead atoms. The summed E-state index contributed by atoms with van der Waals surface area (Å²) in [5.41, 5.74) is 3.11. The standard InChI is InChI=1S/C20H20OP.2C11H11BrO3.C9H7BrO3.ClH.Na.H/c1-21-17-22(18-11-5-2-6-12-18,19-13-7-3-8-14-19)20-15-9-4-10-16-20;2*1-14-6-5-8-3-4-9(12)7-10(8)11(13)15-2;1-13-9(12)8-4-7(10)3-2-6(8)5-11;;;/h2-16H,17H2,1H3;2*3-7H,1-2H3;2-5H,1H3;1H;;/q+1;;;;;+1;-1/p-1/b;6-5+;6-5-;;;;. The van der Waals surface area contributed by atoms with E-state index in [9.17, 15) is 19.2 Å². The minimum atomic E-state index is -1.78. The summed E-state index contributed by atoms with van der Waals surface area (Å²) < 4.78 is 31.6. The number of methoxy groups -OCH3 is 6. The van der Waals surface area contributed by atoms with Crippen molar-refractivity contribution in [2.45, 2.75) is 0 Å². The second kappa shape index (κ2) is 33.2. The third-order valence-corrected chi connectivity index (χ3v) is 14.7. The van der Waals surface area contributed by atoms with Gasteiger partial charge in [-0.3, -0.25) is 4.79 Å². The Kier molecular flexibility index (Phi) is 30.0. The van der Waals surface area contributed by atoms with E-state index in [2.05, 4.69) is 153 Å². The summed E-state index contributed by atoms with van der Waals surface area (Å²) in [6, 6.07) is 47.8. The molecule has 16 heteroatoms. The number of carbonyl (C=O) groups is 4. The topological polar surface area (TPSA) is 124 Å². The van der Waals surface area contributed by atoms with Crippen LogP contribution in [-0.2, 0) is 28.4 Å². The molecule has 67 heavy (non-hydrogen) atoms. The number of aldehydes is 1. The molecule has 0 amide bonds. The maximum absolute atomic E-state index is 11.4. The van der Waals surface area contributed by atoms with Gasteiger partial charge in [0, 0.05) is 26.1 Å². The van der Waals surface area contributed by atoms with Crippen LogP contribution in [-0.4, -0.2) is 73.2 Å². The van der Waals surface area contributed by atoms with Crippen LogP contribution in [0.25, 0.3) is 12.2 Å². The Bertz CT molecular complexity index is 2350. The van der Waals surface area contributed by atoms with Gasteiger partial charge in [-0.1, -0.05) is 115 Å². The quantitative estimate of drug-likeness (QED) is 0.0368. The minimum Gasteiger partial charge on any atom is -1.00 e. The van der Waals surface area contributed by atoms with Crippen LogP contribution in [0.15, 0.2) is 172 Å². The van der Waals surface area contributed by atoms with E-state index < -0.39 is 13.2 Å². The SMILES string of the molecule is CO/C=C/c1ccc(Br)cc1C(=O)OC.CO/C=C\c1ccc(Br)cc1C(=O)OC.COC(=O)c1cc(Br)ccc1C=O.COC[P+](c1ccccc1)(c1ccccc1)c1ccccc1.[Cl-].[H-].[Na+]. The molecule has 0 spiro atoms. The predicted octanol–water partition coefficient (Wildman–Crippen LogP) is 5.46. The van der Waals surface area contributed by atoms with Gasteiger partial charge in [0.15, 0.2) is 12.6 Å². The minimum absolute atomic E-state index is 0. The van der Waals surface area contributed by atoms with Crippen LogP contribution in [0.3, 0.4) is 0 Å². The normalized spacial score (nSPS) is 10.2. The van der Waals surface area contributed by atoms with Crippen molar-refractivity contribution in [1.29, 1.82) is 0 Å². The van der Waals surface area contributed by atoms with Crippen LogP contribution in [0, 0.1) is 0 Å². The van der Waals surface area contributed by atoms with Crippen LogP contribution in [0.2, 0.25) is 0 Å². The van der Waals surface area contributed by atoms with Crippen LogP contribution >= 0.6 is 55.1 Å². The van der Waals surface area contributed by atoms with E-state index in [0.717, 1.165) is 24.5 Å².